The lowest BCUT2D eigenvalue weighted by molar-refractivity contribution is 0.0764. The molecule has 0 radical (unpaired) electrons. The van der Waals surface area contributed by atoms with Gasteiger partial charge in [0.15, 0.2) is 5.78 Å². The van der Waals surface area contributed by atoms with Crippen molar-refractivity contribution < 1.29 is 14.7 Å². The molecule has 1 aliphatic heterocycles. The van der Waals surface area contributed by atoms with Crippen molar-refractivity contribution in [2.45, 2.75) is 31.4 Å². The first-order valence-corrected chi connectivity index (χ1v) is 7.01. The van der Waals surface area contributed by atoms with Crippen molar-refractivity contribution in [3.8, 4) is 0 Å². The highest BCUT2D eigenvalue weighted by Crippen LogP contribution is 2.25. The summed E-state index contributed by atoms with van der Waals surface area (Å²) in [5, 5.41) is 15.8. The minimum absolute atomic E-state index is 0.108. The zero-order valence-electron chi connectivity index (χ0n) is 11.2. The molecule has 0 aromatic heterocycles. The number of hydrogen-bond acceptors (Lipinski definition) is 4. The Morgan fingerprint density at radius 3 is 3.00 bits per heavy atom. The summed E-state index contributed by atoms with van der Waals surface area (Å²) in [5.41, 5.74) is 2.08. The molecule has 0 spiro atoms. The van der Waals surface area contributed by atoms with Crippen molar-refractivity contribution in [3.05, 3.63) is 34.9 Å². The molecule has 5 heteroatoms. The van der Waals surface area contributed by atoms with Crippen molar-refractivity contribution in [2.75, 3.05) is 13.1 Å². The van der Waals surface area contributed by atoms with Gasteiger partial charge in [-0.1, -0.05) is 12.1 Å². The maximum Gasteiger partial charge on any atom is 0.251 e. The van der Waals surface area contributed by atoms with E-state index in [1.54, 1.807) is 18.2 Å². The minimum Gasteiger partial charge on any atom is -0.390 e. The second kappa shape index (κ2) is 5.34. The van der Waals surface area contributed by atoms with Crippen LogP contribution in [0.2, 0.25) is 0 Å². The molecule has 106 valence electrons. The summed E-state index contributed by atoms with van der Waals surface area (Å²) in [5.74, 6) is -0.0842. The molecule has 1 aromatic carbocycles. The van der Waals surface area contributed by atoms with E-state index in [-0.39, 0.29) is 17.7 Å². The van der Waals surface area contributed by atoms with E-state index < -0.39 is 6.10 Å². The number of ketones is 1. The Morgan fingerprint density at radius 2 is 2.20 bits per heavy atom. The van der Waals surface area contributed by atoms with Crippen molar-refractivity contribution >= 4 is 11.7 Å². The highest BCUT2D eigenvalue weighted by atomic mass is 16.3. The number of β-amino-alcohol motifs (C(OH)–C–C–N with tert-alkyl or cyclic N) is 1. The number of carbonyl (C=O) groups is 2. The fourth-order valence-electron chi connectivity index (χ4n) is 2.96. The number of piperidine rings is 1. The molecule has 0 saturated carbocycles. The van der Waals surface area contributed by atoms with Crippen LogP contribution in [0.3, 0.4) is 0 Å². The quantitative estimate of drug-likeness (QED) is 0.723. The van der Waals surface area contributed by atoms with E-state index in [2.05, 4.69) is 10.6 Å². The van der Waals surface area contributed by atoms with Gasteiger partial charge in [-0.25, -0.2) is 0 Å². The Bertz CT molecular complexity index is 556. The van der Waals surface area contributed by atoms with Gasteiger partial charge in [-0.3, -0.25) is 9.59 Å². The number of nitrogens with one attached hydrogen (secondary N) is 2. The number of Topliss-reactive ketones (excluding diaryl/α,β-unsaturated/α-hetero) is 1. The SMILES string of the molecule is O=C1CCc2c1cccc2C(=O)N[C@@H]1CCNC[C@H]1O. The molecule has 0 bridgehead atoms. The van der Waals surface area contributed by atoms with Gasteiger partial charge in [-0.15, -0.1) is 0 Å². The van der Waals surface area contributed by atoms with Crippen molar-refractivity contribution in [1.29, 1.82) is 0 Å². The second-order valence-electron chi connectivity index (χ2n) is 5.39. The number of rotatable bonds is 2. The van der Waals surface area contributed by atoms with Crippen LogP contribution in [-0.4, -0.2) is 42.0 Å². The molecule has 1 saturated heterocycles. The fourth-order valence-corrected chi connectivity index (χ4v) is 2.96. The molecule has 3 N–H and O–H groups in total. The Labute approximate surface area is 117 Å². The summed E-state index contributed by atoms with van der Waals surface area (Å²) >= 11 is 0. The average molecular weight is 274 g/mol. The summed E-state index contributed by atoms with van der Waals surface area (Å²) in [4.78, 5) is 24.1. The molecule has 1 aromatic rings. The summed E-state index contributed by atoms with van der Waals surface area (Å²) in [6, 6.07) is 5.05. The standard InChI is InChI=1S/C15H18N2O3/c18-13-5-4-9-10(13)2-1-3-11(9)15(20)17-12-6-7-16-8-14(12)19/h1-3,12,14,16,19H,4-8H2,(H,17,20)/t12-,14-/m1/s1. The summed E-state index contributed by atoms with van der Waals surface area (Å²) < 4.78 is 0. The van der Waals surface area contributed by atoms with Crippen LogP contribution >= 0.6 is 0 Å². The van der Waals surface area contributed by atoms with E-state index in [4.69, 9.17) is 0 Å². The van der Waals surface area contributed by atoms with Crippen LogP contribution in [-0.2, 0) is 6.42 Å². The normalized spacial score (nSPS) is 25.4. The molecule has 1 aliphatic carbocycles. The molecule has 0 unspecified atom stereocenters. The number of hydrogen-bond donors (Lipinski definition) is 3. The molecule has 1 amide bonds. The van der Waals surface area contributed by atoms with Crippen LogP contribution in [0.4, 0.5) is 0 Å². The van der Waals surface area contributed by atoms with E-state index >= 15 is 0 Å². The molecule has 2 aliphatic rings. The van der Waals surface area contributed by atoms with E-state index in [0.717, 1.165) is 12.1 Å². The topological polar surface area (TPSA) is 78.4 Å². The van der Waals surface area contributed by atoms with Gasteiger partial charge in [0.1, 0.15) is 0 Å². The molecular formula is C15H18N2O3. The average Bonchev–Trinajstić information content (AvgIpc) is 2.83. The van der Waals surface area contributed by atoms with Crippen LogP contribution in [0.25, 0.3) is 0 Å². The lowest BCUT2D eigenvalue weighted by Crippen LogP contribution is -2.52. The Kier molecular flexibility index (Phi) is 3.54. The number of aliphatic hydroxyl groups excluding tert-OH is 1. The Hall–Kier alpha value is -1.72. The van der Waals surface area contributed by atoms with Crippen molar-refractivity contribution in [1.82, 2.24) is 10.6 Å². The van der Waals surface area contributed by atoms with Gasteiger partial charge in [-0.05, 0) is 31.0 Å². The van der Waals surface area contributed by atoms with E-state index in [0.29, 0.717) is 36.9 Å². The number of amides is 1. The van der Waals surface area contributed by atoms with Crippen LogP contribution in [0, 0.1) is 0 Å². The Balaban J connectivity index is 1.80. The van der Waals surface area contributed by atoms with E-state index in [1.165, 1.54) is 0 Å². The first-order valence-electron chi connectivity index (χ1n) is 7.01. The predicted molar refractivity (Wildman–Crippen MR) is 73.8 cm³/mol. The monoisotopic (exact) mass is 274 g/mol. The molecule has 2 atom stereocenters. The lowest BCUT2D eigenvalue weighted by Gasteiger charge is -2.29. The number of carbonyl (C=O) groups excluding carboxylic acids is 2. The number of benzene rings is 1. The molecule has 1 fully saturated rings. The van der Waals surface area contributed by atoms with Crippen LogP contribution in [0.15, 0.2) is 18.2 Å². The van der Waals surface area contributed by atoms with E-state index in [9.17, 15) is 14.7 Å². The number of aliphatic hydroxyl groups is 1. The molecule has 1 heterocycles. The third kappa shape index (κ3) is 2.34. The van der Waals surface area contributed by atoms with Gasteiger partial charge in [0.05, 0.1) is 12.1 Å². The van der Waals surface area contributed by atoms with Gasteiger partial charge in [0.2, 0.25) is 0 Å². The van der Waals surface area contributed by atoms with Crippen LogP contribution in [0.1, 0.15) is 39.1 Å². The fraction of sp³-hybridized carbons (Fsp3) is 0.467. The lowest BCUT2D eigenvalue weighted by atomic mass is 10.00. The zero-order valence-corrected chi connectivity index (χ0v) is 11.2. The third-order valence-corrected chi connectivity index (χ3v) is 4.09. The van der Waals surface area contributed by atoms with Gasteiger partial charge >= 0.3 is 0 Å². The summed E-state index contributed by atoms with van der Waals surface area (Å²) in [6.07, 6.45) is 1.26. The number of fused-ring (bicyclic) bond motifs is 1. The van der Waals surface area contributed by atoms with Gasteiger partial charge in [0.25, 0.3) is 5.91 Å². The first-order chi connectivity index (χ1) is 9.66. The third-order valence-electron chi connectivity index (χ3n) is 4.09. The first kappa shape index (κ1) is 13.3. The van der Waals surface area contributed by atoms with E-state index in [1.807, 2.05) is 0 Å². The molecule has 20 heavy (non-hydrogen) atoms. The smallest absolute Gasteiger partial charge is 0.251 e. The van der Waals surface area contributed by atoms with Crippen LogP contribution in [0.5, 0.6) is 0 Å². The highest BCUT2D eigenvalue weighted by molar-refractivity contribution is 6.05. The predicted octanol–water partition coefficient (Wildman–Crippen LogP) is 0.268. The molecular weight excluding hydrogens is 256 g/mol. The highest BCUT2D eigenvalue weighted by Gasteiger charge is 2.28. The van der Waals surface area contributed by atoms with Gasteiger partial charge < -0.3 is 15.7 Å². The maximum absolute atomic E-state index is 12.4. The Morgan fingerprint density at radius 1 is 1.35 bits per heavy atom. The summed E-state index contributed by atoms with van der Waals surface area (Å²) in [7, 11) is 0. The van der Waals surface area contributed by atoms with Gasteiger partial charge in [0, 0.05) is 24.1 Å². The maximum atomic E-state index is 12.4. The second-order valence-corrected chi connectivity index (χ2v) is 5.39. The van der Waals surface area contributed by atoms with Crippen molar-refractivity contribution in [3.63, 3.8) is 0 Å². The summed E-state index contributed by atoms with van der Waals surface area (Å²) in [6.45, 7) is 1.28. The van der Waals surface area contributed by atoms with Crippen molar-refractivity contribution in [2.24, 2.45) is 0 Å². The largest absolute Gasteiger partial charge is 0.390 e. The van der Waals surface area contributed by atoms with Crippen LogP contribution < -0.4 is 10.6 Å². The molecule has 3 rings (SSSR count). The van der Waals surface area contributed by atoms with Gasteiger partial charge in [-0.2, -0.15) is 0 Å². The minimum atomic E-state index is -0.564. The zero-order chi connectivity index (χ0) is 14.1. The molecule has 5 nitrogen and oxygen atoms in total.